The van der Waals surface area contributed by atoms with Crippen LogP contribution in [0.5, 0.6) is 0 Å². The van der Waals surface area contributed by atoms with Crippen LogP contribution >= 0.6 is 23.5 Å². The molecular weight excluding hydrogens is 262 g/mol. The molecule has 96 valence electrons. The molecule has 3 atom stereocenters. The van der Waals surface area contributed by atoms with E-state index in [9.17, 15) is 14.7 Å². The molecule has 0 spiro atoms. The molecule has 0 aromatic heterocycles. The van der Waals surface area contributed by atoms with E-state index < -0.39 is 10.0 Å². The Kier molecular flexibility index (Phi) is 3.61. The summed E-state index contributed by atoms with van der Waals surface area (Å²) in [6.45, 7) is 2.16. The van der Waals surface area contributed by atoms with E-state index in [-0.39, 0.29) is 30.4 Å². The summed E-state index contributed by atoms with van der Waals surface area (Å²) in [5, 5.41) is 18.1. The standard InChI is InChI=1S/C10H15NO4S2/c1-2-16-10(9(14)15)5-11-7(13)6(3-4-12)8(11)17-10/h6,8,12H,2-5H2,1H3,(H,14,15)/t6-,8+,10?/m0/s1. The van der Waals surface area contributed by atoms with Crippen molar-refractivity contribution >= 4 is 35.4 Å². The van der Waals surface area contributed by atoms with E-state index in [1.165, 1.54) is 23.5 Å². The van der Waals surface area contributed by atoms with Crippen LogP contribution in [0.1, 0.15) is 13.3 Å². The van der Waals surface area contributed by atoms with Gasteiger partial charge in [0.15, 0.2) is 4.08 Å². The van der Waals surface area contributed by atoms with E-state index in [1.807, 2.05) is 6.92 Å². The van der Waals surface area contributed by atoms with Crippen LogP contribution in [0.4, 0.5) is 0 Å². The van der Waals surface area contributed by atoms with E-state index in [1.54, 1.807) is 4.90 Å². The summed E-state index contributed by atoms with van der Waals surface area (Å²) < 4.78 is -0.917. The number of aliphatic hydroxyl groups excluding tert-OH is 1. The minimum atomic E-state index is -0.917. The first-order valence-electron chi connectivity index (χ1n) is 5.52. The Morgan fingerprint density at radius 2 is 2.41 bits per heavy atom. The summed E-state index contributed by atoms with van der Waals surface area (Å²) in [7, 11) is 0. The fourth-order valence-electron chi connectivity index (χ4n) is 2.26. The Morgan fingerprint density at radius 3 is 2.94 bits per heavy atom. The van der Waals surface area contributed by atoms with Crippen LogP contribution in [-0.2, 0) is 9.59 Å². The molecule has 2 aliphatic heterocycles. The number of carboxylic acid groups (broad SMARTS) is 1. The van der Waals surface area contributed by atoms with Crippen LogP contribution < -0.4 is 0 Å². The first-order valence-corrected chi connectivity index (χ1v) is 7.38. The highest BCUT2D eigenvalue weighted by molar-refractivity contribution is 8.19. The molecule has 7 heteroatoms. The Hall–Kier alpha value is -0.400. The molecule has 2 fully saturated rings. The van der Waals surface area contributed by atoms with Crippen molar-refractivity contribution in [3.05, 3.63) is 0 Å². The van der Waals surface area contributed by atoms with E-state index in [4.69, 9.17) is 5.11 Å². The lowest BCUT2D eigenvalue weighted by molar-refractivity contribution is -0.150. The molecule has 2 N–H and O–H groups in total. The van der Waals surface area contributed by atoms with Crippen LogP contribution in [-0.4, -0.2) is 55.3 Å². The molecule has 2 heterocycles. The second kappa shape index (κ2) is 4.70. The number of rotatable bonds is 5. The maximum absolute atomic E-state index is 11.7. The van der Waals surface area contributed by atoms with Crippen LogP contribution in [0.15, 0.2) is 0 Å². The predicted molar refractivity (Wildman–Crippen MR) is 66.8 cm³/mol. The molecule has 2 saturated heterocycles. The molecule has 0 aliphatic carbocycles. The van der Waals surface area contributed by atoms with Gasteiger partial charge < -0.3 is 15.1 Å². The van der Waals surface area contributed by atoms with Crippen LogP contribution in [0.3, 0.4) is 0 Å². The maximum Gasteiger partial charge on any atom is 0.332 e. The van der Waals surface area contributed by atoms with Gasteiger partial charge in [-0.2, -0.15) is 0 Å². The third-order valence-corrected chi connectivity index (χ3v) is 6.29. The second-order valence-corrected chi connectivity index (χ2v) is 7.32. The van der Waals surface area contributed by atoms with Gasteiger partial charge in [0.05, 0.1) is 17.8 Å². The number of carbonyl (C=O) groups excluding carboxylic acids is 1. The van der Waals surface area contributed by atoms with E-state index >= 15 is 0 Å². The minimum Gasteiger partial charge on any atom is -0.480 e. The maximum atomic E-state index is 11.7. The van der Waals surface area contributed by atoms with Crippen molar-refractivity contribution in [1.82, 2.24) is 4.90 Å². The lowest BCUT2D eigenvalue weighted by atomic mass is 9.95. The molecule has 17 heavy (non-hydrogen) atoms. The van der Waals surface area contributed by atoms with Crippen LogP contribution in [0.2, 0.25) is 0 Å². The van der Waals surface area contributed by atoms with Crippen molar-refractivity contribution < 1.29 is 19.8 Å². The van der Waals surface area contributed by atoms with Gasteiger partial charge in [-0.3, -0.25) is 4.79 Å². The van der Waals surface area contributed by atoms with Crippen molar-refractivity contribution in [2.24, 2.45) is 5.92 Å². The molecule has 0 aromatic rings. The molecule has 0 saturated carbocycles. The second-order valence-electron chi connectivity index (χ2n) is 4.08. The van der Waals surface area contributed by atoms with Gasteiger partial charge in [-0.25, -0.2) is 4.79 Å². The number of carbonyl (C=O) groups is 2. The average Bonchev–Trinajstić information content (AvgIpc) is 2.64. The molecule has 0 radical (unpaired) electrons. The lowest BCUT2D eigenvalue weighted by Crippen LogP contribution is -2.57. The van der Waals surface area contributed by atoms with Gasteiger partial charge in [0.25, 0.3) is 0 Å². The summed E-state index contributed by atoms with van der Waals surface area (Å²) >= 11 is 2.72. The number of aliphatic hydroxyl groups is 1. The fraction of sp³-hybridized carbons (Fsp3) is 0.800. The zero-order chi connectivity index (χ0) is 12.6. The molecular formula is C10H15NO4S2. The number of aliphatic carboxylic acids is 1. The molecule has 0 aromatic carbocycles. The average molecular weight is 277 g/mol. The number of hydrogen-bond donors (Lipinski definition) is 2. The van der Waals surface area contributed by atoms with Crippen molar-refractivity contribution in [2.75, 3.05) is 18.9 Å². The monoisotopic (exact) mass is 277 g/mol. The molecule has 2 rings (SSSR count). The van der Waals surface area contributed by atoms with Gasteiger partial charge in [-0.05, 0) is 12.2 Å². The van der Waals surface area contributed by atoms with Gasteiger partial charge in [0.1, 0.15) is 0 Å². The van der Waals surface area contributed by atoms with Crippen molar-refractivity contribution in [3.63, 3.8) is 0 Å². The summed E-state index contributed by atoms with van der Waals surface area (Å²) in [4.78, 5) is 24.7. The van der Waals surface area contributed by atoms with E-state index in [0.717, 1.165) is 0 Å². The van der Waals surface area contributed by atoms with Crippen LogP contribution in [0, 0.1) is 5.92 Å². The molecule has 5 nitrogen and oxygen atoms in total. The fourth-order valence-corrected chi connectivity index (χ4v) is 5.43. The minimum absolute atomic E-state index is 0.0172. The molecule has 2 aliphatic rings. The molecule has 0 bridgehead atoms. The zero-order valence-electron chi connectivity index (χ0n) is 9.46. The Labute approximate surface area is 108 Å². The van der Waals surface area contributed by atoms with Crippen molar-refractivity contribution in [1.29, 1.82) is 0 Å². The Balaban J connectivity index is 2.12. The third kappa shape index (κ3) is 1.94. The summed E-state index contributed by atoms with van der Waals surface area (Å²) in [5.74, 6) is -0.377. The number of hydrogen-bond acceptors (Lipinski definition) is 5. The number of carboxylic acids is 1. The van der Waals surface area contributed by atoms with Gasteiger partial charge in [0, 0.05) is 6.61 Å². The lowest BCUT2D eigenvalue weighted by Gasteiger charge is -2.41. The summed E-state index contributed by atoms with van der Waals surface area (Å²) in [6, 6.07) is 0. The van der Waals surface area contributed by atoms with Crippen molar-refractivity contribution in [3.8, 4) is 0 Å². The number of thioether (sulfide) groups is 2. The topological polar surface area (TPSA) is 77.8 Å². The largest absolute Gasteiger partial charge is 0.480 e. The highest BCUT2D eigenvalue weighted by Gasteiger charge is 2.61. The van der Waals surface area contributed by atoms with Crippen molar-refractivity contribution in [2.45, 2.75) is 22.8 Å². The number of nitrogens with zero attached hydrogens (tertiary/aromatic N) is 1. The van der Waals surface area contributed by atoms with Gasteiger partial charge in [-0.15, -0.1) is 23.5 Å². The highest BCUT2D eigenvalue weighted by Crippen LogP contribution is 2.55. The third-order valence-electron chi connectivity index (χ3n) is 3.08. The normalized spacial score (nSPS) is 35.6. The highest BCUT2D eigenvalue weighted by atomic mass is 32.2. The summed E-state index contributed by atoms with van der Waals surface area (Å²) in [5.41, 5.74) is 0. The summed E-state index contributed by atoms with van der Waals surface area (Å²) in [6.07, 6.45) is 0.430. The van der Waals surface area contributed by atoms with Gasteiger partial charge >= 0.3 is 5.97 Å². The molecule has 1 unspecified atom stereocenters. The number of fused-ring (bicyclic) bond motifs is 1. The number of β-lactam (4-membered cyclic amide) rings is 1. The van der Waals surface area contributed by atoms with Gasteiger partial charge in [0.2, 0.25) is 5.91 Å². The van der Waals surface area contributed by atoms with Gasteiger partial charge in [-0.1, -0.05) is 6.92 Å². The first kappa shape index (κ1) is 13.0. The molecule has 1 amide bonds. The zero-order valence-corrected chi connectivity index (χ0v) is 11.1. The number of amides is 1. The van der Waals surface area contributed by atoms with E-state index in [2.05, 4.69) is 0 Å². The Morgan fingerprint density at radius 1 is 1.71 bits per heavy atom. The first-order chi connectivity index (χ1) is 8.05. The van der Waals surface area contributed by atoms with E-state index in [0.29, 0.717) is 12.2 Å². The predicted octanol–water partition coefficient (Wildman–Crippen LogP) is 0.434. The SMILES string of the molecule is CCSC1(C(=O)O)CN2C(=O)[C@H](CCO)[C@H]2S1. The quantitative estimate of drug-likeness (QED) is 0.710. The Bertz CT molecular complexity index is 351. The van der Waals surface area contributed by atoms with Crippen LogP contribution in [0.25, 0.3) is 0 Å². The smallest absolute Gasteiger partial charge is 0.332 e.